The number of methoxy groups -OCH3 is 1. The molecule has 0 aliphatic carbocycles. The standard InChI is InChI=1S/C11H12F2O3/c1-6(11(14)15)3-7-4-8(12)5-9(13)10(7)16-2/h4-6H,3H2,1-2H3,(H,14,15). The first-order valence-corrected chi connectivity index (χ1v) is 4.70. The number of carbonyl (C=O) groups is 1. The highest BCUT2D eigenvalue weighted by Crippen LogP contribution is 2.26. The van der Waals surface area contributed by atoms with Crippen LogP contribution in [0.25, 0.3) is 0 Å². The van der Waals surface area contributed by atoms with Crippen molar-refractivity contribution in [2.24, 2.45) is 5.92 Å². The Bertz CT molecular complexity index is 404. The zero-order valence-electron chi connectivity index (χ0n) is 8.96. The average molecular weight is 230 g/mol. The summed E-state index contributed by atoms with van der Waals surface area (Å²) in [7, 11) is 1.26. The van der Waals surface area contributed by atoms with Gasteiger partial charge in [0.2, 0.25) is 0 Å². The summed E-state index contributed by atoms with van der Waals surface area (Å²) in [6.45, 7) is 1.46. The van der Waals surface area contributed by atoms with Crippen molar-refractivity contribution in [3.63, 3.8) is 0 Å². The summed E-state index contributed by atoms with van der Waals surface area (Å²) >= 11 is 0. The molecule has 0 amide bonds. The molecule has 1 unspecified atom stereocenters. The van der Waals surface area contributed by atoms with Gasteiger partial charge in [0.1, 0.15) is 5.82 Å². The minimum atomic E-state index is -1.02. The van der Waals surface area contributed by atoms with E-state index in [-0.39, 0.29) is 17.7 Å². The first-order valence-electron chi connectivity index (χ1n) is 4.70. The number of carboxylic acid groups (broad SMARTS) is 1. The molecule has 1 rings (SSSR count). The Kier molecular flexibility index (Phi) is 3.82. The molecule has 0 aliphatic heterocycles. The van der Waals surface area contributed by atoms with Crippen LogP contribution in [0.4, 0.5) is 8.78 Å². The fourth-order valence-corrected chi connectivity index (χ4v) is 1.41. The number of rotatable bonds is 4. The maximum Gasteiger partial charge on any atom is 0.306 e. The van der Waals surface area contributed by atoms with Crippen molar-refractivity contribution >= 4 is 5.97 Å². The summed E-state index contributed by atoms with van der Waals surface area (Å²) in [6.07, 6.45) is 0.0210. The Morgan fingerprint density at radius 1 is 1.50 bits per heavy atom. The zero-order valence-corrected chi connectivity index (χ0v) is 8.96. The minimum absolute atomic E-state index is 0.0210. The van der Waals surface area contributed by atoms with Gasteiger partial charge < -0.3 is 9.84 Å². The molecular weight excluding hydrogens is 218 g/mol. The molecule has 1 aromatic carbocycles. The molecule has 0 saturated heterocycles. The normalized spacial score (nSPS) is 12.2. The Hall–Kier alpha value is -1.65. The highest BCUT2D eigenvalue weighted by atomic mass is 19.1. The first kappa shape index (κ1) is 12.4. The van der Waals surface area contributed by atoms with Crippen LogP contribution in [0.5, 0.6) is 5.75 Å². The highest BCUT2D eigenvalue weighted by molar-refractivity contribution is 5.70. The second-order valence-corrected chi connectivity index (χ2v) is 3.52. The van der Waals surface area contributed by atoms with Crippen LogP contribution in [0.15, 0.2) is 12.1 Å². The molecule has 0 heterocycles. The second kappa shape index (κ2) is 4.92. The Morgan fingerprint density at radius 2 is 2.12 bits per heavy atom. The van der Waals surface area contributed by atoms with Crippen molar-refractivity contribution in [3.05, 3.63) is 29.3 Å². The van der Waals surface area contributed by atoms with Crippen LogP contribution in [-0.2, 0) is 11.2 Å². The fraction of sp³-hybridized carbons (Fsp3) is 0.364. The lowest BCUT2D eigenvalue weighted by molar-refractivity contribution is -0.141. The average Bonchev–Trinajstić information content (AvgIpc) is 2.16. The molecule has 5 heteroatoms. The number of halogens is 2. The lowest BCUT2D eigenvalue weighted by Crippen LogP contribution is -2.13. The zero-order chi connectivity index (χ0) is 12.3. The quantitative estimate of drug-likeness (QED) is 0.862. The molecule has 0 radical (unpaired) electrons. The van der Waals surface area contributed by atoms with Gasteiger partial charge in [-0.2, -0.15) is 0 Å². The Morgan fingerprint density at radius 3 is 2.62 bits per heavy atom. The fourth-order valence-electron chi connectivity index (χ4n) is 1.41. The van der Waals surface area contributed by atoms with Gasteiger partial charge in [-0.25, -0.2) is 8.78 Å². The molecule has 0 spiro atoms. The van der Waals surface area contributed by atoms with Gasteiger partial charge in [0.15, 0.2) is 11.6 Å². The smallest absolute Gasteiger partial charge is 0.306 e. The molecule has 0 aliphatic rings. The van der Waals surface area contributed by atoms with Crippen LogP contribution in [0.1, 0.15) is 12.5 Å². The van der Waals surface area contributed by atoms with Gasteiger partial charge in [-0.3, -0.25) is 4.79 Å². The third-order valence-corrected chi connectivity index (χ3v) is 2.24. The van der Waals surface area contributed by atoms with E-state index in [9.17, 15) is 13.6 Å². The molecular formula is C11H12F2O3. The summed E-state index contributed by atoms with van der Waals surface area (Å²) in [5.74, 6) is -3.42. The molecule has 16 heavy (non-hydrogen) atoms. The molecule has 0 aromatic heterocycles. The van der Waals surface area contributed by atoms with E-state index in [1.54, 1.807) is 0 Å². The number of ether oxygens (including phenoxy) is 1. The summed E-state index contributed by atoms with van der Waals surface area (Å²) in [5, 5.41) is 8.72. The molecule has 88 valence electrons. The molecule has 0 saturated carbocycles. The monoisotopic (exact) mass is 230 g/mol. The van der Waals surface area contributed by atoms with Crippen molar-refractivity contribution in [1.82, 2.24) is 0 Å². The first-order chi connectivity index (χ1) is 7.45. The summed E-state index contributed by atoms with van der Waals surface area (Å²) < 4.78 is 31.0. The minimum Gasteiger partial charge on any atom is -0.493 e. The Labute approximate surface area is 91.7 Å². The number of hydrogen-bond acceptors (Lipinski definition) is 2. The lowest BCUT2D eigenvalue weighted by Gasteiger charge is -2.11. The molecule has 1 N–H and O–H groups in total. The third-order valence-electron chi connectivity index (χ3n) is 2.24. The predicted octanol–water partition coefficient (Wildman–Crippen LogP) is 2.24. The number of carboxylic acids is 1. The van der Waals surface area contributed by atoms with Gasteiger partial charge in [-0.15, -0.1) is 0 Å². The maximum atomic E-state index is 13.3. The van der Waals surface area contributed by atoms with Crippen LogP contribution in [0, 0.1) is 17.6 Å². The largest absolute Gasteiger partial charge is 0.493 e. The van der Waals surface area contributed by atoms with E-state index < -0.39 is 23.5 Å². The number of benzene rings is 1. The van der Waals surface area contributed by atoms with Crippen LogP contribution in [0.2, 0.25) is 0 Å². The van der Waals surface area contributed by atoms with Crippen LogP contribution in [0.3, 0.4) is 0 Å². The van der Waals surface area contributed by atoms with Crippen molar-refractivity contribution in [1.29, 1.82) is 0 Å². The molecule has 0 bridgehead atoms. The van der Waals surface area contributed by atoms with Gasteiger partial charge in [0.05, 0.1) is 13.0 Å². The summed E-state index contributed by atoms with van der Waals surface area (Å²) in [5.41, 5.74) is 0.218. The summed E-state index contributed by atoms with van der Waals surface area (Å²) in [6, 6.07) is 1.79. The van der Waals surface area contributed by atoms with Crippen molar-refractivity contribution in [2.75, 3.05) is 7.11 Å². The molecule has 1 aromatic rings. The van der Waals surface area contributed by atoms with E-state index in [0.29, 0.717) is 6.07 Å². The van der Waals surface area contributed by atoms with Crippen LogP contribution in [-0.4, -0.2) is 18.2 Å². The third kappa shape index (κ3) is 2.68. The van der Waals surface area contributed by atoms with Crippen LogP contribution < -0.4 is 4.74 Å². The van der Waals surface area contributed by atoms with Crippen molar-refractivity contribution < 1.29 is 23.4 Å². The van der Waals surface area contributed by atoms with Gasteiger partial charge in [0, 0.05) is 11.6 Å². The van der Waals surface area contributed by atoms with Crippen molar-refractivity contribution in [2.45, 2.75) is 13.3 Å². The van der Waals surface area contributed by atoms with Gasteiger partial charge in [-0.05, 0) is 12.5 Å². The van der Waals surface area contributed by atoms with E-state index in [4.69, 9.17) is 9.84 Å². The van der Waals surface area contributed by atoms with E-state index in [1.807, 2.05) is 0 Å². The molecule has 3 nitrogen and oxygen atoms in total. The van der Waals surface area contributed by atoms with E-state index in [0.717, 1.165) is 6.07 Å². The van der Waals surface area contributed by atoms with E-state index in [2.05, 4.69) is 0 Å². The van der Waals surface area contributed by atoms with Gasteiger partial charge in [0.25, 0.3) is 0 Å². The second-order valence-electron chi connectivity index (χ2n) is 3.52. The lowest BCUT2D eigenvalue weighted by atomic mass is 10.00. The molecule has 0 fully saturated rings. The maximum absolute atomic E-state index is 13.3. The van der Waals surface area contributed by atoms with Gasteiger partial charge in [-0.1, -0.05) is 6.92 Å². The van der Waals surface area contributed by atoms with Gasteiger partial charge >= 0.3 is 5.97 Å². The Balaban J connectivity index is 3.07. The number of hydrogen-bond donors (Lipinski definition) is 1. The number of aliphatic carboxylic acids is 1. The topological polar surface area (TPSA) is 46.5 Å². The predicted molar refractivity (Wildman–Crippen MR) is 53.4 cm³/mol. The van der Waals surface area contributed by atoms with E-state index >= 15 is 0 Å². The SMILES string of the molecule is COc1c(F)cc(F)cc1CC(C)C(=O)O. The van der Waals surface area contributed by atoms with Crippen LogP contribution >= 0.6 is 0 Å². The summed E-state index contributed by atoms with van der Waals surface area (Å²) in [4.78, 5) is 10.6. The highest BCUT2D eigenvalue weighted by Gasteiger charge is 2.18. The molecule has 1 atom stereocenters. The van der Waals surface area contributed by atoms with Crippen molar-refractivity contribution in [3.8, 4) is 5.75 Å². The van der Waals surface area contributed by atoms with E-state index in [1.165, 1.54) is 14.0 Å².